The number of nitrogens with one attached hydrogen (secondary N) is 1. The van der Waals surface area contributed by atoms with Crippen LogP contribution in [0.1, 0.15) is 31.2 Å². The summed E-state index contributed by atoms with van der Waals surface area (Å²) in [6, 6.07) is 6.07. The third kappa shape index (κ3) is 5.26. The predicted octanol–water partition coefficient (Wildman–Crippen LogP) is 1.89. The van der Waals surface area contributed by atoms with E-state index in [9.17, 15) is 18.5 Å². The second-order valence-corrected chi connectivity index (χ2v) is 8.04. The van der Waals surface area contributed by atoms with Gasteiger partial charge in [0, 0.05) is 24.2 Å². The van der Waals surface area contributed by atoms with Crippen LogP contribution in [0.3, 0.4) is 0 Å². The Balaban J connectivity index is 2.02. The van der Waals surface area contributed by atoms with Crippen molar-refractivity contribution in [3.05, 3.63) is 39.9 Å². The number of hydrogen-bond acceptors (Lipinski definition) is 5. The summed E-state index contributed by atoms with van der Waals surface area (Å²) in [7, 11) is 0.492. The van der Waals surface area contributed by atoms with Crippen molar-refractivity contribution in [2.45, 2.75) is 43.5 Å². The summed E-state index contributed by atoms with van der Waals surface area (Å²) in [6.45, 7) is 0. The van der Waals surface area contributed by atoms with Gasteiger partial charge in [0.25, 0.3) is 5.69 Å². The summed E-state index contributed by atoms with van der Waals surface area (Å²) in [5.41, 5.74) is 0.328. The van der Waals surface area contributed by atoms with Gasteiger partial charge in [-0.25, -0.2) is 13.1 Å². The summed E-state index contributed by atoms with van der Waals surface area (Å²) in [5, 5.41) is 10.8. The van der Waals surface area contributed by atoms with E-state index < -0.39 is 14.9 Å². The predicted molar refractivity (Wildman–Crippen MR) is 88.6 cm³/mol. The fourth-order valence-electron chi connectivity index (χ4n) is 3.01. The van der Waals surface area contributed by atoms with Crippen molar-refractivity contribution in [3.63, 3.8) is 0 Å². The number of hydrogen-bond donors (Lipinski definition) is 1. The zero-order valence-electron chi connectivity index (χ0n) is 13.4. The highest BCUT2D eigenvalue weighted by Gasteiger charge is 2.26. The van der Waals surface area contributed by atoms with Gasteiger partial charge in [-0.05, 0) is 38.9 Å². The van der Waals surface area contributed by atoms with Crippen LogP contribution in [0.2, 0.25) is 0 Å². The van der Waals surface area contributed by atoms with Crippen molar-refractivity contribution >= 4 is 15.7 Å². The van der Waals surface area contributed by atoms with Crippen LogP contribution < -0.4 is 4.72 Å². The first-order valence-corrected chi connectivity index (χ1v) is 9.32. The maximum atomic E-state index is 12.3. The topological polar surface area (TPSA) is 92.6 Å². The Morgan fingerprint density at radius 3 is 2.74 bits per heavy atom. The van der Waals surface area contributed by atoms with Crippen LogP contribution >= 0.6 is 0 Å². The Hall–Kier alpha value is -1.51. The lowest BCUT2D eigenvalue weighted by atomic mass is 9.91. The Morgan fingerprint density at radius 2 is 2.09 bits per heavy atom. The van der Waals surface area contributed by atoms with Gasteiger partial charge in [0.15, 0.2) is 0 Å². The molecule has 0 saturated heterocycles. The van der Waals surface area contributed by atoms with Crippen molar-refractivity contribution in [1.29, 1.82) is 0 Å². The van der Waals surface area contributed by atoms with Crippen LogP contribution in [0.25, 0.3) is 0 Å². The lowest BCUT2D eigenvalue weighted by Crippen LogP contribution is -2.44. The van der Waals surface area contributed by atoms with E-state index in [0.29, 0.717) is 11.6 Å². The monoisotopic (exact) mass is 341 g/mol. The molecule has 0 aliphatic heterocycles. The van der Waals surface area contributed by atoms with Gasteiger partial charge in [0.05, 0.1) is 10.7 Å². The van der Waals surface area contributed by atoms with Gasteiger partial charge in [0.2, 0.25) is 10.0 Å². The number of nitro benzene ring substituents is 1. The summed E-state index contributed by atoms with van der Waals surface area (Å²) in [5.74, 6) is -0.238. The summed E-state index contributed by atoms with van der Waals surface area (Å²) in [4.78, 5) is 12.4. The minimum Gasteiger partial charge on any atom is -0.306 e. The van der Waals surface area contributed by atoms with Crippen LogP contribution in [0.5, 0.6) is 0 Å². The molecule has 0 bridgehead atoms. The molecule has 7 nitrogen and oxygen atoms in total. The van der Waals surface area contributed by atoms with Crippen LogP contribution in [-0.4, -0.2) is 44.4 Å². The van der Waals surface area contributed by atoms with Crippen molar-refractivity contribution in [2.75, 3.05) is 14.1 Å². The smallest absolute Gasteiger partial charge is 0.269 e. The maximum Gasteiger partial charge on any atom is 0.269 e. The zero-order chi connectivity index (χ0) is 17.0. The highest BCUT2D eigenvalue weighted by molar-refractivity contribution is 7.88. The van der Waals surface area contributed by atoms with Crippen LogP contribution in [-0.2, 0) is 15.8 Å². The summed E-state index contributed by atoms with van der Waals surface area (Å²) >= 11 is 0. The van der Waals surface area contributed by atoms with Gasteiger partial charge in [0.1, 0.15) is 0 Å². The van der Waals surface area contributed by atoms with Crippen LogP contribution in [0.4, 0.5) is 5.69 Å². The molecule has 2 atom stereocenters. The molecule has 0 amide bonds. The van der Waals surface area contributed by atoms with E-state index in [0.717, 1.165) is 25.7 Å². The lowest BCUT2D eigenvalue weighted by molar-refractivity contribution is -0.384. The molecule has 23 heavy (non-hydrogen) atoms. The molecule has 1 saturated carbocycles. The maximum absolute atomic E-state index is 12.3. The van der Waals surface area contributed by atoms with E-state index in [1.54, 1.807) is 6.07 Å². The van der Waals surface area contributed by atoms with Gasteiger partial charge < -0.3 is 4.90 Å². The van der Waals surface area contributed by atoms with Crippen molar-refractivity contribution < 1.29 is 13.3 Å². The number of rotatable bonds is 6. The molecule has 8 heteroatoms. The Kier molecular flexibility index (Phi) is 5.72. The first-order valence-electron chi connectivity index (χ1n) is 7.66. The molecule has 2 rings (SSSR count). The minimum atomic E-state index is -3.52. The molecule has 0 radical (unpaired) electrons. The molecule has 0 heterocycles. The summed E-state index contributed by atoms with van der Waals surface area (Å²) in [6.07, 6.45) is 3.70. The number of benzene rings is 1. The largest absolute Gasteiger partial charge is 0.306 e. The normalized spacial score (nSPS) is 22.2. The van der Waals surface area contributed by atoms with Gasteiger partial charge >= 0.3 is 0 Å². The Bertz CT molecular complexity index is 660. The molecule has 128 valence electrons. The van der Waals surface area contributed by atoms with Gasteiger partial charge in [-0.15, -0.1) is 0 Å². The second-order valence-electron chi connectivity index (χ2n) is 6.28. The molecule has 1 N–H and O–H groups in total. The fraction of sp³-hybridized carbons (Fsp3) is 0.600. The van der Waals surface area contributed by atoms with Crippen LogP contribution in [0.15, 0.2) is 24.3 Å². The van der Waals surface area contributed by atoms with E-state index >= 15 is 0 Å². The number of nitro groups is 1. The third-order valence-corrected chi connectivity index (χ3v) is 5.61. The molecule has 1 aromatic rings. The molecule has 0 unspecified atom stereocenters. The molecule has 1 aromatic carbocycles. The average molecular weight is 341 g/mol. The second kappa shape index (κ2) is 7.37. The fourth-order valence-corrected chi connectivity index (χ4v) is 4.44. The number of non-ortho nitro benzene ring substituents is 1. The standard InChI is InChI=1S/C15H23N3O4S/c1-17(2)14-7-4-6-13(10-14)16-23(21,22)11-12-5-3-8-15(9-12)18(19)20/h3,5,8-9,13-14,16H,4,6-7,10-11H2,1-2H3/t13-,14-/m1/s1. The molecule has 0 spiro atoms. The van der Waals surface area contributed by atoms with Gasteiger partial charge in [-0.2, -0.15) is 0 Å². The number of nitrogens with zero attached hydrogens (tertiary/aromatic N) is 2. The van der Waals surface area contributed by atoms with E-state index in [1.807, 2.05) is 14.1 Å². The minimum absolute atomic E-state index is 0.0696. The van der Waals surface area contributed by atoms with Crippen molar-refractivity contribution in [2.24, 2.45) is 0 Å². The Labute approximate surface area is 136 Å². The van der Waals surface area contributed by atoms with Gasteiger partial charge in [-0.1, -0.05) is 18.6 Å². The van der Waals surface area contributed by atoms with E-state index in [-0.39, 0.29) is 17.5 Å². The number of sulfonamides is 1. The average Bonchev–Trinajstić information content (AvgIpc) is 2.46. The summed E-state index contributed by atoms with van der Waals surface area (Å²) < 4.78 is 27.4. The first-order chi connectivity index (χ1) is 10.8. The molecular formula is C15H23N3O4S. The molecule has 1 aliphatic rings. The highest BCUT2D eigenvalue weighted by atomic mass is 32.2. The van der Waals surface area contributed by atoms with Gasteiger partial charge in [-0.3, -0.25) is 10.1 Å². The molecule has 0 aromatic heterocycles. The lowest BCUT2D eigenvalue weighted by Gasteiger charge is -2.33. The quantitative estimate of drug-likeness (QED) is 0.630. The zero-order valence-corrected chi connectivity index (χ0v) is 14.3. The third-order valence-electron chi connectivity index (χ3n) is 4.20. The Morgan fingerprint density at radius 1 is 1.35 bits per heavy atom. The van der Waals surface area contributed by atoms with Crippen LogP contribution in [0, 0.1) is 10.1 Å². The van der Waals surface area contributed by atoms with E-state index in [4.69, 9.17) is 0 Å². The molecule has 1 aliphatic carbocycles. The van der Waals surface area contributed by atoms with Crippen molar-refractivity contribution in [3.8, 4) is 0 Å². The van der Waals surface area contributed by atoms with E-state index in [1.165, 1.54) is 18.2 Å². The SMILES string of the molecule is CN(C)[C@@H]1CCC[C@@H](NS(=O)(=O)Cc2cccc([N+](=O)[O-])c2)C1. The first kappa shape index (κ1) is 17.8. The van der Waals surface area contributed by atoms with E-state index in [2.05, 4.69) is 9.62 Å². The highest BCUT2D eigenvalue weighted by Crippen LogP contribution is 2.23. The molecule has 1 fully saturated rings. The molecular weight excluding hydrogens is 318 g/mol. The van der Waals surface area contributed by atoms with Crippen molar-refractivity contribution in [1.82, 2.24) is 9.62 Å².